The van der Waals surface area contributed by atoms with Crippen molar-refractivity contribution in [3.63, 3.8) is 0 Å². The van der Waals surface area contributed by atoms with Gasteiger partial charge in [0.25, 0.3) is 0 Å². The lowest BCUT2D eigenvalue weighted by Crippen LogP contribution is -2.30. The van der Waals surface area contributed by atoms with Crippen LogP contribution in [-0.4, -0.2) is 96.7 Å². The molecule has 19 heteroatoms. The van der Waals surface area contributed by atoms with Crippen LogP contribution in [0.2, 0.25) is 0 Å². The Balaban J connectivity index is 5.19. The molecule has 3 N–H and O–H groups in total. The molecule has 0 bridgehead atoms. The van der Waals surface area contributed by atoms with Gasteiger partial charge in [-0.15, -0.1) is 0 Å². The fourth-order valence-corrected chi connectivity index (χ4v) is 13.1. The topological polar surface area (TPSA) is 237 Å². The molecule has 0 fully saturated rings. The number of phosphoric acid groups is 2. The van der Waals surface area contributed by atoms with Gasteiger partial charge < -0.3 is 33.8 Å². The zero-order valence-corrected chi connectivity index (χ0v) is 62.9. The average Bonchev–Trinajstić information content (AvgIpc) is 3.58. The highest BCUT2D eigenvalue weighted by Crippen LogP contribution is 2.45. The summed E-state index contributed by atoms with van der Waals surface area (Å²) in [5.74, 6) is -1.32. The van der Waals surface area contributed by atoms with Crippen LogP contribution in [0.25, 0.3) is 0 Å². The molecule has 0 aromatic carbocycles. The second-order valence-corrected chi connectivity index (χ2v) is 30.4. The summed E-state index contributed by atoms with van der Waals surface area (Å²) in [5.41, 5.74) is 0. The van der Waals surface area contributed by atoms with E-state index in [-0.39, 0.29) is 25.7 Å². The summed E-state index contributed by atoms with van der Waals surface area (Å²) in [6, 6.07) is 0. The van der Waals surface area contributed by atoms with Gasteiger partial charge in [0.2, 0.25) is 0 Å². The molecule has 0 aromatic rings. The maximum absolute atomic E-state index is 13.1. The van der Waals surface area contributed by atoms with Gasteiger partial charge in [-0.3, -0.25) is 37.3 Å². The maximum atomic E-state index is 13.1. The summed E-state index contributed by atoms with van der Waals surface area (Å²) in [4.78, 5) is 72.6. The van der Waals surface area contributed by atoms with Gasteiger partial charge in [-0.1, -0.05) is 343 Å². The fourth-order valence-electron chi connectivity index (χ4n) is 11.5. The number of hydrogen-bond donors (Lipinski definition) is 3. The summed E-state index contributed by atoms with van der Waals surface area (Å²) in [7, 11) is -9.90. The van der Waals surface area contributed by atoms with Crippen molar-refractivity contribution in [3.05, 3.63) is 0 Å². The highest BCUT2D eigenvalue weighted by atomic mass is 31.2. The summed E-state index contributed by atoms with van der Waals surface area (Å²) in [5, 5.41) is 10.6. The standard InChI is InChI=1S/C75H146O17P2/c1-6-9-12-15-18-20-22-24-25-26-27-28-33-37-41-46-51-56-61-75(80)92-71(65-86-73(78)59-54-49-44-39-36-32-30-29-31-34-38-43-47-52-57-68(4)5)67-90-94(83,84)88-63-69(76)62-87-93(81,82)89-66-70(64-85-72(77)58-53-48-42-17-14-11-8-3)91-74(79)60-55-50-45-40-35-23-21-19-16-13-10-7-2/h68-71,76H,6-67H2,1-5H3,(H,81,82)(H,83,84)/t69-,70+,71+/m0/s1. The Hall–Kier alpha value is -1.94. The van der Waals surface area contributed by atoms with Crippen LogP contribution in [0.5, 0.6) is 0 Å². The van der Waals surface area contributed by atoms with Gasteiger partial charge >= 0.3 is 39.5 Å². The normalized spacial score (nSPS) is 14.0. The van der Waals surface area contributed by atoms with E-state index in [2.05, 4.69) is 34.6 Å². The van der Waals surface area contributed by atoms with Crippen LogP contribution in [0.3, 0.4) is 0 Å². The predicted molar refractivity (Wildman–Crippen MR) is 382 cm³/mol. The number of carbonyl (C=O) groups is 4. The molecule has 94 heavy (non-hydrogen) atoms. The largest absolute Gasteiger partial charge is 0.472 e. The van der Waals surface area contributed by atoms with Crippen LogP contribution < -0.4 is 0 Å². The summed E-state index contributed by atoms with van der Waals surface area (Å²) in [6.07, 6.45) is 57.0. The Morgan fingerprint density at radius 2 is 0.489 bits per heavy atom. The molecule has 0 spiro atoms. The van der Waals surface area contributed by atoms with Crippen LogP contribution in [0.4, 0.5) is 0 Å². The first-order valence-electron chi connectivity index (χ1n) is 39.1. The number of unbranched alkanes of at least 4 members (excludes halogenated alkanes) is 47. The van der Waals surface area contributed by atoms with Gasteiger partial charge in [-0.05, 0) is 31.6 Å². The van der Waals surface area contributed by atoms with Gasteiger partial charge in [-0.2, -0.15) is 0 Å². The second kappa shape index (κ2) is 68.2. The molecule has 0 aliphatic heterocycles. The van der Waals surface area contributed by atoms with Crippen molar-refractivity contribution in [2.24, 2.45) is 5.92 Å². The average molecular weight is 1380 g/mol. The van der Waals surface area contributed by atoms with E-state index in [1.165, 1.54) is 205 Å². The Morgan fingerprint density at radius 1 is 0.287 bits per heavy atom. The minimum absolute atomic E-state index is 0.107. The molecule has 17 nitrogen and oxygen atoms in total. The SMILES string of the molecule is CCCCCCCCCCCCCCCCCCCCC(=O)O[C@H](COC(=O)CCCCCCCCCCCCCCCCC(C)C)COP(=O)(O)OC[C@@H](O)COP(=O)(O)OC[C@@H](COC(=O)CCCCCCCCC)OC(=O)CCCCCCCCCCCCCC. The highest BCUT2D eigenvalue weighted by Gasteiger charge is 2.30. The van der Waals surface area contributed by atoms with Crippen LogP contribution >= 0.6 is 15.6 Å². The summed E-state index contributed by atoms with van der Waals surface area (Å²) < 4.78 is 68.4. The molecule has 0 saturated carbocycles. The van der Waals surface area contributed by atoms with E-state index in [0.29, 0.717) is 25.7 Å². The van der Waals surface area contributed by atoms with E-state index in [9.17, 15) is 43.2 Å². The van der Waals surface area contributed by atoms with Crippen molar-refractivity contribution in [1.29, 1.82) is 0 Å². The molecule has 2 unspecified atom stereocenters. The van der Waals surface area contributed by atoms with E-state index < -0.39 is 97.5 Å². The molecule has 0 radical (unpaired) electrons. The van der Waals surface area contributed by atoms with Gasteiger partial charge in [-0.25, -0.2) is 9.13 Å². The van der Waals surface area contributed by atoms with Crippen LogP contribution in [0.15, 0.2) is 0 Å². The van der Waals surface area contributed by atoms with Gasteiger partial charge in [0, 0.05) is 25.7 Å². The van der Waals surface area contributed by atoms with E-state index in [1.807, 2.05) is 0 Å². The number of phosphoric ester groups is 2. The zero-order chi connectivity index (χ0) is 69.1. The molecule has 0 heterocycles. The van der Waals surface area contributed by atoms with Crippen LogP contribution in [0, 0.1) is 5.92 Å². The summed E-state index contributed by atoms with van der Waals surface area (Å²) >= 11 is 0. The van der Waals surface area contributed by atoms with Crippen molar-refractivity contribution in [3.8, 4) is 0 Å². The number of ether oxygens (including phenoxy) is 4. The minimum Gasteiger partial charge on any atom is -0.462 e. The molecule has 558 valence electrons. The number of carbonyl (C=O) groups excluding carboxylic acids is 4. The van der Waals surface area contributed by atoms with Crippen molar-refractivity contribution in [2.45, 2.75) is 412 Å². The quantitative estimate of drug-likeness (QED) is 0.0222. The third-order valence-electron chi connectivity index (χ3n) is 17.5. The molecule has 0 aromatic heterocycles. The van der Waals surface area contributed by atoms with Gasteiger partial charge in [0.05, 0.1) is 26.4 Å². The third-order valence-corrected chi connectivity index (χ3v) is 19.4. The Bertz CT molecular complexity index is 1810. The number of esters is 4. The molecule has 0 aliphatic rings. The third kappa shape index (κ3) is 68.6. The predicted octanol–water partition coefficient (Wildman–Crippen LogP) is 22.1. The van der Waals surface area contributed by atoms with Crippen molar-refractivity contribution < 1.29 is 80.2 Å². The van der Waals surface area contributed by atoms with Crippen LogP contribution in [-0.2, 0) is 65.4 Å². The van der Waals surface area contributed by atoms with E-state index >= 15 is 0 Å². The van der Waals surface area contributed by atoms with Crippen molar-refractivity contribution >= 4 is 39.5 Å². The van der Waals surface area contributed by atoms with Crippen molar-refractivity contribution in [2.75, 3.05) is 39.6 Å². The zero-order valence-electron chi connectivity index (χ0n) is 61.1. The van der Waals surface area contributed by atoms with E-state index in [4.69, 9.17) is 37.0 Å². The number of rotatable bonds is 75. The molecular formula is C75H146O17P2. The smallest absolute Gasteiger partial charge is 0.462 e. The maximum Gasteiger partial charge on any atom is 0.472 e. The number of aliphatic hydroxyl groups excluding tert-OH is 1. The minimum atomic E-state index is -4.96. The van der Waals surface area contributed by atoms with E-state index in [1.54, 1.807) is 0 Å². The Labute approximate surface area is 575 Å². The molecule has 0 amide bonds. The molecule has 0 rings (SSSR count). The second-order valence-electron chi connectivity index (χ2n) is 27.5. The monoisotopic (exact) mass is 1380 g/mol. The first-order valence-corrected chi connectivity index (χ1v) is 42.1. The highest BCUT2D eigenvalue weighted by molar-refractivity contribution is 7.47. The van der Waals surface area contributed by atoms with Gasteiger partial charge in [0.1, 0.15) is 19.3 Å². The lowest BCUT2D eigenvalue weighted by atomic mass is 10.0. The lowest BCUT2D eigenvalue weighted by molar-refractivity contribution is -0.161. The van der Waals surface area contributed by atoms with Crippen LogP contribution in [0.1, 0.15) is 394 Å². The van der Waals surface area contributed by atoms with E-state index in [0.717, 1.165) is 109 Å². The first-order chi connectivity index (χ1) is 45.5. The molecular weight excluding hydrogens is 1230 g/mol. The molecule has 0 aliphatic carbocycles. The molecule has 0 saturated heterocycles. The number of aliphatic hydroxyl groups is 1. The summed E-state index contributed by atoms with van der Waals surface area (Å²) in [6.45, 7) is 7.27. The molecule has 5 atom stereocenters. The first kappa shape index (κ1) is 92.1. The Morgan fingerprint density at radius 3 is 0.723 bits per heavy atom. The van der Waals surface area contributed by atoms with Crippen molar-refractivity contribution in [1.82, 2.24) is 0 Å². The lowest BCUT2D eigenvalue weighted by Gasteiger charge is -2.21. The number of hydrogen-bond acceptors (Lipinski definition) is 15. The fraction of sp³-hybridized carbons (Fsp3) is 0.947. The van der Waals surface area contributed by atoms with Gasteiger partial charge in [0.15, 0.2) is 12.2 Å². The Kier molecular flexibility index (Phi) is 66.8.